The quantitative estimate of drug-likeness (QED) is 0.651. The van der Waals surface area contributed by atoms with Crippen LogP contribution < -0.4 is 5.32 Å². The number of ether oxygens (including phenoxy) is 1. The van der Waals surface area contributed by atoms with Crippen molar-refractivity contribution in [3.05, 3.63) is 71.8 Å². The van der Waals surface area contributed by atoms with E-state index in [1.807, 2.05) is 66.7 Å². The maximum Gasteiger partial charge on any atom is 0.251 e. The highest BCUT2D eigenvalue weighted by Crippen LogP contribution is 2.18. The molecule has 1 amide bonds. The second-order valence-electron chi connectivity index (χ2n) is 6.04. The Labute approximate surface area is 149 Å². The first kappa shape index (κ1) is 17.4. The van der Waals surface area contributed by atoms with Crippen LogP contribution in [0.4, 0.5) is 0 Å². The zero-order valence-electron chi connectivity index (χ0n) is 14.4. The number of rotatable bonds is 6. The summed E-state index contributed by atoms with van der Waals surface area (Å²) in [6.07, 6.45) is 1.94. The minimum Gasteiger partial charge on any atom is -0.379 e. The van der Waals surface area contributed by atoms with Gasteiger partial charge in [-0.05, 0) is 17.2 Å². The lowest BCUT2D eigenvalue weighted by molar-refractivity contribution is -0.115. The molecule has 0 radical (unpaired) electrons. The lowest BCUT2D eigenvalue weighted by atomic mass is 10.0. The monoisotopic (exact) mass is 336 g/mol. The predicted octanol–water partition coefficient (Wildman–Crippen LogP) is 2.68. The number of carbonyl (C=O) groups excluding carboxylic acids is 1. The Balaban J connectivity index is 1.68. The molecule has 3 rings (SSSR count). The van der Waals surface area contributed by atoms with Crippen LogP contribution in [0.5, 0.6) is 0 Å². The van der Waals surface area contributed by atoms with E-state index in [4.69, 9.17) is 4.74 Å². The van der Waals surface area contributed by atoms with Gasteiger partial charge in [0.05, 0.1) is 13.2 Å². The number of carbonyl (C=O) groups is 1. The van der Waals surface area contributed by atoms with Crippen LogP contribution in [0.15, 0.2) is 60.7 Å². The largest absolute Gasteiger partial charge is 0.379 e. The second-order valence-corrected chi connectivity index (χ2v) is 6.04. The van der Waals surface area contributed by atoms with Gasteiger partial charge in [-0.1, -0.05) is 60.7 Å². The maximum atomic E-state index is 12.8. The van der Waals surface area contributed by atoms with E-state index >= 15 is 0 Å². The molecule has 0 unspecified atom stereocenters. The van der Waals surface area contributed by atoms with Crippen molar-refractivity contribution in [2.75, 3.05) is 39.4 Å². The first-order valence-corrected chi connectivity index (χ1v) is 8.73. The number of hydrogen-bond acceptors (Lipinski definition) is 3. The third-order valence-corrected chi connectivity index (χ3v) is 4.26. The molecule has 1 N–H and O–H groups in total. The summed E-state index contributed by atoms with van der Waals surface area (Å²) in [7, 11) is 0. The van der Waals surface area contributed by atoms with Gasteiger partial charge in [0.25, 0.3) is 5.91 Å². The van der Waals surface area contributed by atoms with Gasteiger partial charge in [-0.25, -0.2) is 0 Å². The van der Waals surface area contributed by atoms with Crippen LogP contribution in [-0.2, 0) is 9.53 Å². The molecular formula is C21H24N2O2. The van der Waals surface area contributed by atoms with Crippen molar-refractivity contribution in [2.24, 2.45) is 0 Å². The molecule has 4 nitrogen and oxygen atoms in total. The smallest absolute Gasteiger partial charge is 0.251 e. The summed E-state index contributed by atoms with van der Waals surface area (Å²) >= 11 is 0. The zero-order valence-corrected chi connectivity index (χ0v) is 14.4. The van der Waals surface area contributed by atoms with Gasteiger partial charge < -0.3 is 10.1 Å². The summed E-state index contributed by atoms with van der Waals surface area (Å²) in [4.78, 5) is 15.1. The molecule has 1 heterocycles. The van der Waals surface area contributed by atoms with Gasteiger partial charge in [-0.15, -0.1) is 0 Å². The molecule has 0 spiro atoms. The number of morpholine rings is 1. The van der Waals surface area contributed by atoms with Crippen LogP contribution in [0.3, 0.4) is 0 Å². The maximum absolute atomic E-state index is 12.8. The summed E-state index contributed by atoms with van der Waals surface area (Å²) in [5, 5.41) is 3.06. The fourth-order valence-electron chi connectivity index (χ4n) is 2.86. The lowest BCUT2D eigenvalue weighted by Gasteiger charge is -2.26. The molecule has 2 aromatic carbocycles. The number of benzene rings is 2. The van der Waals surface area contributed by atoms with Gasteiger partial charge >= 0.3 is 0 Å². The van der Waals surface area contributed by atoms with Crippen molar-refractivity contribution >= 4 is 17.6 Å². The molecule has 2 aromatic rings. The van der Waals surface area contributed by atoms with Gasteiger partial charge in [0, 0.05) is 31.8 Å². The summed E-state index contributed by atoms with van der Waals surface area (Å²) in [5.74, 6) is -0.0386. The van der Waals surface area contributed by atoms with Crippen molar-refractivity contribution in [3.63, 3.8) is 0 Å². The lowest BCUT2D eigenvalue weighted by Crippen LogP contribution is -2.41. The van der Waals surface area contributed by atoms with E-state index in [0.717, 1.165) is 44.0 Å². The van der Waals surface area contributed by atoms with Gasteiger partial charge in [0.15, 0.2) is 0 Å². The second kappa shape index (κ2) is 9.16. The van der Waals surface area contributed by atoms with Crippen LogP contribution in [0.2, 0.25) is 0 Å². The van der Waals surface area contributed by atoms with Crippen LogP contribution in [0.1, 0.15) is 11.1 Å². The van der Waals surface area contributed by atoms with Crippen molar-refractivity contribution in [1.82, 2.24) is 10.2 Å². The molecule has 1 fully saturated rings. The van der Waals surface area contributed by atoms with Crippen molar-refractivity contribution in [1.29, 1.82) is 0 Å². The molecule has 1 aliphatic heterocycles. The van der Waals surface area contributed by atoms with Gasteiger partial charge in [-0.2, -0.15) is 0 Å². The molecular weight excluding hydrogens is 312 g/mol. The number of nitrogens with one attached hydrogen (secondary N) is 1. The molecule has 0 atom stereocenters. The zero-order chi connectivity index (χ0) is 17.3. The Bertz CT molecular complexity index is 692. The summed E-state index contributed by atoms with van der Waals surface area (Å²) in [6, 6.07) is 19.7. The van der Waals surface area contributed by atoms with Gasteiger partial charge in [-0.3, -0.25) is 9.69 Å². The fraction of sp³-hybridized carbons (Fsp3) is 0.286. The molecule has 0 bridgehead atoms. The standard InChI is InChI=1S/C21H24N2O2/c24-21(22-11-12-23-13-15-25-16-14-23)20(19-9-5-2-6-10-19)17-18-7-3-1-4-8-18/h1-10,17H,11-16H2,(H,22,24)/b20-17+. The van der Waals surface area contributed by atoms with E-state index in [-0.39, 0.29) is 5.91 Å². The average Bonchev–Trinajstić information content (AvgIpc) is 2.68. The van der Waals surface area contributed by atoms with Crippen molar-refractivity contribution in [2.45, 2.75) is 0 Å². The molecule has 4 heteroatoms. The molecule has 130 valence electrons. The first-order chi connectivity index (χ1) is 12.3. The molecule has 0 saturated carbocycles. The summed E-state index contributed by atoms with van der Waals surface area (Å²) in [6.45, 7) is 4.90. The summed E-state index contributed by atoms with van der Waals surface area (Å²) in [5.41, 5.74) is 2.63. The Morgan fingerprint density at radius 3 is 2.32 bits per heavy atom. The Morgan fingerprint density at radius 1 is 1.00 bits per heavy atom. The molecule has 1 saturated heterocycles. The van der Waals surface area contributed by atoms with E-state index in [9.17, 15) is 4.79 Å². The number of hydrogen-bond donors (Lipinski definition) is 1. The van der Waals surface area contributed by atoms with E-state index in [2.05, 4.69) is 10.2 Å². The molecule has 0 aliphatic carbocycles. The number of amides is 1. The van der Waals surface area contributed by atoms with E-state index in [1.54, 1.807) is 0 Å². The van der Waals surface area contributed by atoms with Crippen LogP contribution in [0, 0.1) is 0 Å². The molecule has 1 aliphatic rings. The van der Waals surface area contributed by atoms with Gasteiger partial charge in [0.2, 0.25) is 0 Å². The Hall–Kier alpha value is -2.43. The van der Waals surface area contributed by atoms with Crippen LogP contribution in [0.25, 0.3) is 11.6 Å². The molecule has 25 heavy (non-hydrogen) atoms. The first-order valence-electron chi connectivity index (χ1n) is 8.73. The predicted molar refractivity (Wildman–Crippen MR) is 101 cm³/mol. The topological polar surface area (TPSA) is 41.6 Å². The Morgan fingerprint density at radius 2 is 1.64 bits per heavy atom. The highest BCUT2D eigenvalue weighted by molar-refractivity contribution is 6.24. The van der Waals surface area contributed by atoms with Crippen molar-refractivity contribution in [3.8, 4) is 0 Å². The highest BCUT2D eigenvalue weighted by atomic mass is 16.5. The van der Waals surface area contributed by atoms with E-state index < -0.39 is 0 Å². The molecule has 0 aromatic heterocycles. The third-order valence-electron chi connectivity index (χ3n) is 4.26. The SMILES string of the molecule is O=C(NCCN1CCOCC1)/C(=C/c1ccccc1)c1ccccc1. The van der Waals surface area contributed by atoms with E-state index in [1.165, 1.54) is 0 Å². The highest BCUT2D eigenvalue weighted by Gasteiger charge is 2.13. The normalized spacial score (nSPS) is 15.8. The summed E-state index contributed by atoms with van der Waals surface area (Å²) < 4.78 is 5.35. The third kappa shape index (κ3) is 5.28. The van der Waals surface area contributed by atoms with Crippen molar-refractivity contribution < 1.29 is 9.53 Å². The van der Waals surface area contributed by atoms with Crippen LogP contribution in [-0.4, -0.2) is 50.2 Å². The number of nitrogens with zero attached hydrogens (tertiary/aromatic N) is 1. The minimum atomic E-state index is -0.0386. The average molecular weight is 336 g/mol. The fourth-order valence-corrected chi connectivity index (χ4v) is 2.86. The van der Waals surface area contributed by atoms with E-state index in [0.29, 0.717) is 12.1 Å². The van der Waals surface area contributed by atoms with Crippen LogP contribution >= 0.6 is 0 Å². The van der Waals surface area contributed by atoms with Gasteiger partial charge in [0.1, 0.15) is 0 Å². The Kier molecular flexibility index (Phi) is 6.37. The minimum absolute atomic E-state index is 0.0386.